The van der Waals surface area contributed by atoms with Gasteiger partial charge in [-0.2, -0.15) is 0 Å². The maximum Gasteiger partial charge on any atom is 0.187 e. The van der Waals surface area contributed by atoms with E-state index >= 15 is 19.2 Å². The topological polar surface area (TPSA) is 506 Å². The van der Waals surface area contributed by atoms with Crippen molar-refractivity contribution in [1.29, 1.82) is 0 Å². The molecule has 30 nitrogen and oxygen atoms in total. The Morgan fingerprint density at radius 3 is 1.22 bits per heavy atom. The van der Waals surface area contributed by atoms with Crippen molar-refractivity contribution in [2.75, 3.05) is 39.6 Å². The standard InChI is InChI=1S/C77H106O30/c1-34-12-10-14-44-20-40(32-100-69-59(90)57(88)55(86)47(30-80)102-69)36(3)21-74(44)61(92)49(65(96)104-74)45(82)15-18-72(8)25-41(28-78)38(5)23-77(72)64(95)52(68(99)107-77)54(85)35(2)13-11-17-71(7)27-43(33-101-70-60(91)58(89)56(87)48(31-81)103-70)39(6)24-75(71)62(93)50(66(97)105-75)46(83)16-19-73(9)26-42(29-79)37(4)22-76(73)63(94)51(53(34)84)67(98)106-76/h10-20,25-27,36-39,44-60,65-70,78-91,96-99H,21-24,28-33H2,1-9H3/b14-10+,17-11+,18-15+,19-16+,34-12-,35-13-/t36?,37?,38?,39?,44?,45?,46?,47-,48-,49?,50?,51?,52?,53?,54?,55+,56+,57+,58+,59-,60-,65?,66?,67?,68?,69+,70+,71?,72?,73?,74?,75?,76?,77?/m1/s1. The summed E-state index contributed by atoms with van der Waals surface area (Å²) in [4.78, 5) is 62.0. The molecule has 0 aromatic heterocycles. The summed E-state index contributed by atoms with van der Waals surface area (Å²) in [5, 5.41) is 203. The van der Waals surface area contributed by atoms with Gasteiger partial charge in [-0.3, -0.25) is 19.2 Å². The van der Waals surface area contributed by atoms with Crippen LogP contribution in [0, 0.1) is 69.5 Å². The molecule has 6 heterocycles. The summed E-state index contributed by atoms with van der Waals surface area (Å²) in [6, 6.07) is 0. The second-order valence-corrected chi connectivity index (χ2v) is 32.1. The Balaban J connectivity index is 1.01. The van der Waals surface area contributed by atoms with Crippen LogP contribution in [0.5, 0.6) is 0 Å². The molecular weight excluding hydrogens is 1400 g/mol. The highest BCUT2D eigenvalue weighted by Gasteiger charge is 2.69. The molecule has 107 heavy (non-hydrogen) atoms. The van der Waals surface area contributed by atoms with E-state index in [2.05, 4.69) is 0 Å². The first-order chi connectivity index (χ1) is 50.2. The lowest BCUT2D eigenvalue weighted by Gasteiger charge is -2.47. The van der Waals surface area contributed by atoms with Gasteiger partial charge in [-0.1, -0.05) is 113 Å². The van der Waals surface area contributed by atoms with Crippen LogP contribution < -0.4 is 0 Å². The van der Waals surface area contributed by atoms with E-state index in [0.717, 1.165) is 12.2 Å². The number of hydrogen-bond acceptors (Lipinski definition) is 30. The molecule has 24 unspecified atom stereocenters. The molecule has 6 saturated heterocycles. The molecule has 18 N–H and O–H groups in total. The molecule has 4 spiro atoms. The van der Waals surface area contributed by atoms with Crippen LogP contribution in [0.1, 0.15) is 88.0 Å². The molecule has 594 valence electrons. The highest BCUT2D eigenvalue weighted by molar-refractivity contribution is 5.97. The van der Waals surface area contributed by atoms with E-state index < -0.39 is 252 Å². The molecule has 30 heteroatoms. The summed E-state index contributed by atoms with van der Waals surface area (Å²) in [6.45, 7) is 11.2. The average Bonchev–Trinajstić information content (AvgIpc) is 1.59. The van der Waals surface area contributed by atoms with Crippen molar-refractivity contribution in [3.8, 4) is 0 Å². The number of ether oxygens (including phenoxy) is 8. The number of aliphatic hydroxyl groups is 18. The molecule has 8 bridgehead atoms. The Bertz CT molecular complexity index is 3680. The second-order valence-electron chi connectivity index (χ2n) is 32.1. The minimum atomic E-state index is -2.06. The van der Waals surface area contributed by atoms with E-state index in [4.69, 9.17) is 37.9 Å². The van der Waals surface area contributed by atoms with Crippen LogP contribution in [0.2, 0.25) is 0 Å². The lowest BCUT2D eigenvalue weighted by atomic mass is 9.59. The van der Waals surface area contributed by atoms with Gasteiger partial charge < -0.3 is 130 Å². The predicted octanol–water partition coefficient (Wildman–Crippen LogP) is -2.23. The molecule has 0 radical (unpaired) electrons. The molecule has 0 aromatic rings. The van der Waals surface area contributed by atoms with Gasteiger partial charge in [-0.25, -0.2) is 0 Å². The quantitative estimate of drug-likeness (QED) is 0.103. The van der Waals surface area contributed by atoms with Crippen LogP contribution in [0.15, 0.2) is 119 Å². The molecule has 11 rings (SSSR count). The van der Waals surface area contributed by atoms with Crippen molar-refractivity contribution in [1.82, 2.24) is 0 Å². The van der Waals surface area contributed by atoms with Crippen molar-refractivity contribution in [2.45, 2.75) is 221 Å². The van der Waals surface area contributed by atoms with Gasteiger partial charge in [0.15, 0.2) is 60.9 Å². The minimum absolute atomic E-state index is 0.0599. The van der Waals surface area contributed by atoms with E-state index in [9.17, 15) is 91.9 Å². The third-order valence-corrected chi connectivity index (χ3v) is 25.3. The maximum absolute atomic E-state index is 15.6. The van der Waals surface area contributed by atoms with Gasteiger partial charge in [0, 0.05) is 22.2 Å². The summed E-state index contributed by atoms with van der Waals surface area (Å²) in [5.74, 6) is -13.9. The Labute approximate surface area is 618 Å². The van der Waals surface area contributed by atoms with Crippen LogP contribution in [0.25, 0.3) is 0 Å². The third-order valence-electron chi connectivity index (χ3n) is 25.3. The Morgan fingerprint density at radius 2 is 0.785 bits per heavy atom. The first kappa shape index (κ1) is 83.0. The molecule has 0 saturated carbocycles. The van der Waals surface area contributed by atoms with E-state index in [0.29, 0.717) is 22.3 Å². The molecule has 0 amide bonds. The summed E-state index contributed by atoms with van der Waals surface area (Å²) < 4.78 is 48.7. The van der Waals surface area contributed by atoms with Crippen LogP contribution in [-0.2, 0) is 57.1 Å². The smallest absolute Gasteiger partial charge is 0.187 e. The summed E-state index contributed by atoms with van der Waals surface area (Å²) in [7, 11) is 0. The Hall–Kier alpha value is -4.96. The van der Waals surface area contributed by atoms with Crippen LogP contribution in [0.4, 0.5) is 0 Å². The van der Waals surface area contributed by atoms with Crippen LogP contribution in [0.3, 0.4) is 0 Å². The van der Waals surface area contributed by atoms with Gasteiger partial charge in [0.2, 0.25) is 0 Å². The van der Waals surface area contributed by atoms with Crippen molar-refractivity contribution in [2.24, 2.45) is 69.5 Å². The van der Waals surface area contributed by atoms with Crippen molar-refractivity contribution in [3.05, 3.63) is 119 Å². The van der Waals surface area contributed by atoms with Crippen molar-refractivity contribution in [3.63, 3.8) is 0 Å². The zero-order valence-electron chi connectivity index (χ0n) is 61.2. The second kappa shape index (κ2) is 31.2. The fourth-order valence-electron chi connectivity index (χ4n) is 18.4. The SMILES string of the molecule is C/C1=C/C=C/C2(C)C=C(CO[C@H]3O[C@H](CO)[C@H](O)[C@H](O)[C@H]3O)C(C)CC23OC(O)C(C3=O)C(O)/C=C/C2(C)C=C(CO)C(C)CC23OC(O)C(C3=O)C(O)/C(C)=C\C=C\C2C=C(CO[C@H]3O[C@H](CO)[C@H](O)[C@H](O)[C@H]3O)C(C)CC23OC(O)C(C3=O)C(O)/C=C/C2(C)C=C(CO)C(C)CC23OC(O)C(C3=O)C1O. The number of aliphatic hydroxyl groups excluding tert-OH is 18. The van der Waals surface area contributed by atoms with Gasteiger partial charge in [0.05, 0.1) is 64.1 Å². The van der Waals surface area contributed by atoms with Crippen molar-refractivity contribution < 1.29 is 149 Å². The van der Waals surface area contributed by atoms with Crippen molar-refractivity contribution >= 4 is 23.1 Å². The largest absolute Gasteiger partial charge is 0.394 e. The summed E-state index contributed by atoms with van der Waals surface area (Å²) >= 11 is 0. The highest BCUT2D eigenvalue weighted by Crippen LogP contribution is 2.59. The molecule has 11 aliphatic rings. The van der Waals surface area contributed by atoms with E-state index in [1.807, 2.05) is 0 Å². The van der Waals surface area contributed by atoms with Crippen LogP contribution in [-0.4, -0.2) is 288 Å². The molecule has 5 aliphatic carbocycles. The fourth-order valence-corrected chi connectivity index (χ4v) is 18.4. The van der Waals surface area contributed by atoms with E-state index in [1.54, 1.807) is 46.8 Å². The zero-order chi connectivity index (χ0) is 78.5. The minimum Gasteiger partial charge on any atom is -0.394 e. The Morgan fingerprint density at radius 1 is 0.421 bits per heavy atom. The Kier molecular flexibility index (Phi) is 24.2. The molecule has 0 aromatic carbocycles. The summed E-state index contributed by atoms with van der Waals surface area (Å²) in [6.07, 6.45) is -12.8. The third kappa shape index (κ3) is 14.0. The van der Waals surface area contributed by atoms with E-state index in [-0.39, 0.29) is 50.0 Å². The molecule has 6 fully saturated rings. The first-order valence-corrected chi connectivity index (χ1v) is 36.6. The fraction of sp³-hybridized carbons (Fsp3) is 0.688. The number of carbonyl (C=O) groups excluding carboxylic acids is 4. The highest BCUT2D eigenvalue weighted by atomic mass is 16.7. The number of fused-ring (bicyclic) bond motifs is 4. The van der Waals surface area contributed by atoms with Gasteiger partial charge in [-0.15, -0.1) is 0 Å². The van der Waals surface area contributed by atoms with E-state index in [1.165, 1.54) is 88.5 Å². The number of allylic oxidation sites excluding steroid dienone is 4. The molecular formula is C77H106O30. The predicted molar refractivity (Wildman–Crippen MR) is 370 cm³/mol. The first-order valence-electron chi connectivity index (χ1n) is 36.6. The molecule has 34 atom stereocenters. The van der Waals surface area contributed by atoms with Gasteiger partial charge in [-0.05, 0) is 117 Å². The van der Waals surface area contributed by atoms with Gasteiger partial charge in [0.1, 0.15) is 94.9 Å². The number of Topliss-reactive ketones (excluding diaryl/α,β-unsaturated/α-hetero) is 4. The van der Waals surface area contributed by atoms with Gasteiger partial charge in [0.25, 0.3) is 0 Å². The summed E-state index contributed by atoms with van der Waals surface area (Å²) in [5.41, 5.74) is -11.4. The lowest BCUT2D eigenvalue weighted by molar-refractivity contribution is -0.299. The number of hydrogen-bond donors (Lipinski definition) is 18. The maximum atomic E-state index is 15.6. The molecule has 6 aliphatic heterocycles. The zero-order valence-corrected chi connectivity index (χ0v) is 61.2. The van der Waals surface area contributed by atoms with Crippen LogP contribution >= 0.6 is 0 Å². The van der Waals surface area contributed by atoms with Gasteiger partial charge >= 0.3 is 0 Å². The number of carbonyl (C=O) groups is 4. The average molecular weight is 1510 g/mol. The monoisotopic (exact) mass is 1510 g/mol. The number of ketones is 4. The normalized spacial score (nSPS) is 51.4. The lowest BCUT2D eigenvalue weighted by Crippen LogP contribution is -2.59. The number of rotatable bonds is 10.